The van der Waals surface area contributed by atoms with Crippen LogP contribution in [0.15, 0.2) is 41.3 Å². The van der Waals surface area contributed by atoms with Crippen LogP contribution in [0.1, 0.15) is 17.7 Å². The first-order chi connectivity index (χ1) is 10.1. The number of fused-ring (bicyclic) bond motifs is 1. The van der Waals surface area contributed by atoms with Gasteiger partial charge in [-0.15, -0.1) is 0 Å². The maximum Gasteiger partial charge on any atom is 0.227 e. The highest BCUT2D eigenvalue weighted by atomic mass is 79.9. The average molecular weight is 348 g/mol. The van der Waals surface area contributed by atoms with Crippen molar-refractivity contribution >= 4 is 21.8 Å². The molecular weight excluding hydrogens is 330 g/mol. The van der Waals surface area contributed by atoms with Gasteiger partial charge in [0, 0.05) is 36.5 Å². The van der Waals surface area contributed by atoms with E-state index in [0.29, 0.717) is 6.54 Å². The van der Waals surface area contributed by atoms with E-state index in [1.54, 1.807) is 0 Å². The minimum atomic E-state index is 0.0548. The summed E-state index contributed by atoms with van der Waals surface area (Å²) in [6.07, 6.45) is 5.55. The SMILES string of the molecule is CN(Cc1ccccc1Br)C(=O)C1CCc2cncn2C1. The number of halogens is 1. The van der Waals surface area contributed by atoms with E-state index in [4.69, 9.17) is 0 Å². The van der Waals surface area contributed by atoms with Crippen molar-refractivity contribution in [3.05, 3.63) is 52.5 Å². The third kappa shape index (κ3) is 3.02. The van der Waals surface area contributed by atoms with Crippen molar-refractivity contribution in [1.29, 1.82) is 0 Å². The maximum atomic E-state index is 12.6. The predicted octanol–water partition coefficient (Wildman–Crippen LogP) is 2.87. The van der Waals surface area contributed by atoms with Gasteiger partial charge in [0.2, 0.25) is 5.91 Å². The summed E-state index contributed by atoms with van der Waals surface area (Å²) in [5.74, 6) is 0.268. The number of nitrogens with zero attached hydrogens (tertiary/aromatic N) is 3. The Morgan fingerprint density at radius 2 is 2.29 bits per heavy atom. The van der Waals surface area contributed by atoms with Crippen LogP contribution in [0.3, 0.4) is 0 Å². The average Bonchev–Trinajstić information content (AvgIpc) is 2.96. The molecule has 3 rings (SSSR count). The lowest BCUT2D eigenvalue weighted by Gasteiger charge is -2.28. The second kappa shape index (κ2) is 6.02. The van der Waals surface area contributed by atoms with Crippen molar-refractivity contribution in [2.45, 2.75) is 25.9 Å². The molecule has 5 heteroatoms. The quantitative estimate of drug-likeness (QED) is 0.856. The van der Waals surface area contributed by atoms with Gasteiger partial charge >= 0.3 is 0 Å². The molecular formula is C16H18BrN3O. The van der Waals surface area contributed by atoms with E-state index in [1.165, 1.54) is 5.69 Å². The number of carbonyl (C=O) groups excluding carboxylic acids is 1. The van der Waals surface area contributed by atoms with E-state index in [2.05, 4.69) is 25.5 Å². The lowest BCUT2D eigenvalue weighted by molar-refractivity contribution is -0.135. The van der Waals surface area contributed by atoms with Gasteiger partial charge in [-0.2, -0.15) is 0 Å². The second-order valence-electron chi connectivity index (χ2n) is 5.56. The molecule has 0 bridgehead atoms. The molecule has 0 spiro atoms. The number of aryl methyl sites for hydroxylation is 1. The molecule has 0 N–H and O–H groups in total. The van der Waals surface area contributed by atoms with Gasteiger partial charge in [-0.05, 0) is 24.5 Å². The molecule has 0 aliphatic carbocycles. The van der Waals surface area contributed by atoms with Gasteiger partial charge in [0.1, 0.15) is 0 Å². The van der Waals surface area contributed by atoms with Crippen molar-refractivity contribution in [2.75, 3.05) is 7.05 Å². The summed E-state index contributed by atoms with van der Waals surface area (Å²) in [7, 11) is 1.88. The summed E-state index contributed by atoms with van der Waals surface area (Å²) in [6, 6.07) is 8.03. The molecule has 2 heterocycles. The van der Waals surface area contributed by atoms with Gasteiger partial charge in [-0.1, -0.05) is 34.1 Å². The first-order valence-corrected chi connectivity index (χ1v) is 7.92. The molecule has 1 amide bonds. The number of aromatic nitrogens is 2. The van der Waals surface area contributed by atoms with Gasteiger partial charge in [0.05, 0.1) is 12.2 Å². The van der Waals surface area contributed by atoms with Gasteiger partial charge in [-0.25, -0.2) is 4.98 Å². The number of imidazole rings is 1. The highest BCUT2D eigenvalue weighted by Gasteiger charge is 2.27. The number of benzene rings is 1. The Hall–Kier alpha value is -1.62. The Kier molecular flexibility index (Phi) is 4.10. The zero-order valence-corrected chi connectivity index (χ0v) is 13.6. The van der Waals surface area contributed by atoms with Crippen LogP contribution >= 0.6 is 15.9 Å². The van der Waals surface area contributed by atoms with Crippen LogP contribution in [-0.2, 0) is 24.3 Å². The first kappa shape index (κ1) is 14.3. The maximum absolute atomic E-state index is 12.6. The molecule has 1 aliphatic rings. The van der Waals surface area contributed by atoms with Crippen LogP contribution in [0.2, 0.25) is 0 Å². The number of amides is 1. The molecule has 0 saturated carbocycles. The van der Waals surface area contributed by atoms with Crippen molar-refractivity contribution in [2.24, 2.45) is 5.92 Å². The Bertz CT molecular complexity index is 652. The van der Waals surface area contributed by atoms with E-state index in [9.17, 15) is 4.79 Å². The Labute approximate surface area is 132 Å². The molecule has 1 aromatic carbocycles. The third-order valence-corrected chi connectivity index (χ3v) is 4.83. The monoisotopic (exact) mass is 347 g/mol. The Morgan fingerprint density at radius 1 is 1.48 bits per heavy atom. The predicted molar refractivity (Wildman–Crippen MR) is 84.7 cm³/mol. The fourth-order valence-electron chi connectivity index (χ4n) is 2.84. The molecule has 4 nitrogen and oxygen atoms in total. The number of rotatable bonds is 3. The van der Waals surface area contributed by atoms with Crippen LogP contribution in [0.4, 0.5) is 0 Å². The fourth-order valence-corrected chi connectivity index (χ4v) is 3.26. The van der Waals surface area contributed by atoms with Crippen molar-refractivity contribution in [1.82, 2.24) is 14.5 Å². The third-order valence-electron chi connectivity index (χ3n) is 4.06. The number of hydrogen-bond donors (Lipinski definition) is 0. The molecule has 1 aromatic heterocycles. The fraction of sp³-hybridized carbons (Fsp3) is 0.375. The summed E-state index contributed by atoms with van der Waals surface area (Å²) in [6.45, 7) is 1.38. The van der Waals surface area contributed by atoms with Crippen molar-refractivity contribution in [3.63, 3.8) is 0 Å². The van der Waals surface area contributed by atoms with Gasteiger partial charge in [0.25, 0.3) is 0 Å². The summed E-state index contributed by atoms with van der Waals surface area (Å²) in [5.41, 5.74) is 2.36. The van der Waals surface area contributed by atoms with Crippen molar-refractivity contribution < 1.29 is 4.79 Å². The summed E-state index contributed by atoms with van der Waals surface area (Å²) in [4.78, 5) is 18.6. The van der Waals surface area contributed by atoms with E-state index < -0.39 is 0 Å². The molecule has 0 fully saturated rings. The van der Waals surface area contributed by atoms with Crippen molar-refractivity contribution in [3.8, 4) is 0 Å². The number of hydrogen-bond acceptors (Lipinski definition) is 2. The highest BCUT2D eigenvalue weighted by Crippen LogP contribution is 2.23. The first-order valence-electron chi connectivity index (χ1n) is 7.12. The Morgan fingerprint density at radius 3 is 3.10 bits per heavy atom. The van der Waals surface area contributed by atoms with E-state index in [1.807, 2.05) is 48.7 Å². The largest absolute Gasteiger partial charge is 0.341 e. The molecule has 21 heavy (non-hydrogen) atoms. The summed E-state index contributed by atoms with van der Waals surface area (Å²) < 4.78 is 3.14. The van der Waals surface area contributed by atoms with Crippen LogP contribution in [0, 0.1) is 5.92 Å². The minimum Gasteiger partial charge on any atom is -0.341 e. The van der Waals surface area contributed by atoms with E-state index in [0.717, 1.165) is 29.4 Å². The van der Waals surface area contributed by atoms with Gasteiger partial charge < -0.3 is 9.47 Å². The number of carbonyl (C=O) groups is 1. The molecule has 0 saturated heterocycles. The van der Waals surface area contributed by atoms with Crippen LogP contribution < -0.4 is 0 Å². The van der Waals surface area contributed by atoms with E-state index in [-0.39, 0.29) is 11.8 Å². The molecule has 110 valence electrons. The standard InChI is InChI=1S/C16H18BrN3O/c1-19(9-12-4-2-3-5-15(12)17)16(21)13-6-7-14-8-18-11-20(14)10-13/h2-5,8,11,13H,6-7,9-10H2,1H3. The lowest BCUT2D eigenvalue weighted by atomic mass is 9.96. The minimum absolute atomic E-state index is 0.0548. The molecule has 0 radical (unpaired) electrons. The zero-order chi connectivity index (χ0) is 14.8. The van der Waals surface area contributed by atoms with Crippen LogP contribution in [0.5, 0.6) is 0 Å². The van der Waals surface area contributed by atoms with Gasteiger partial charge in [0.15, 0.2) is 0 Å². The van der Waals surface area contributed by atoms with Gasteiger partial charge in [-0.3, -0.25) is 4.79 Å². The highest BCUT2D eigenvalue weighted by molar-refractivity contribution is 9.10. The molecule has 1 unspecified atom stereocenters. The molecule has 2 aromatic rings. The normalized spacial score (nSPS) is 17.3. The zero-order valence-electron chi connectivity index (χ0n) is 12.0. The smallest absolute Gasteiger partial charge is 0.227 e. The molecule has 1 atom stereocenters. The topological polar surface area (TPSA) is 38.1 Å². The van der Waals surface area contributed by atoms with Crippen LogP contribution in [-0.4, -0.2) is 27.4 Å². The Balaban J connectivity index is 1.67. The lowest BCUT2D eigenvalue weighted by Crippen LogP contribution is -2.36. The summed E-state index contributed by atoms with van der Waals surface area (Å²) in [5, 5.41) is 0. The molecule has 1 aliphatic heterocycles. The van der Waals surface area contributed by atoms with E-state index >= 15 is 0 Å². The second-order valence-corrected chi connectivity index (χ2v) is 6.41. The summed E-state index contributed by atoms with van der Waals surface area (Å²) >= 11 is 3.54. The van der Waals surface area contributed by atoms with Crippen LogP contribution in [0.25, 0.3) is 0 Å².